The normalized spacial score (nSPS) is 9.87. The van der Waals surface area contributed by atoms with Gasteiger partial charge in [-0.15, -0.1) is 11.3 Å². The van der Waals surface area contributed by atoms with Crippen molar-refractivity contribution in [1.29, 1.82) is 0 Å². The predicted molar refractivity (Wildman–Crippen MR) is 58.4 cm³/mol. The number of hydrogen-bond acceptors (Lipinski definition) is 4. The summed E-state index contributed by atoms with van der Waals surface area (Å²) >= 11 is 1.49. The topological polar surface area (TPSA) is 39.2 Å². The summed E-state index contributed by atoms with van der Waals surface area (Å²) in [5, 5.41) is 2.76. The van der Waals surface area contributed by atoms with E-state index in [0.717, 1.165) is 16.3 Å². The molecule has 15 heavy (non-hydrogen) atoms. The maximum atomic E-state index is 10.0. The highest BCUT2D eigenvalue weighted by Gasteiger charge is 2.03. The molecule has 0 spiro atoms. The fourth-order valence-corrected chi connectivity index (χ4v) is 1.95. The molecule has 0 aliphatic carbocycles. The van der Waals surface area contributed by atoms with E-state index in [9.17, 15) is 4.79 Å². The molecule has 0 radical (unpaired) electrons. The number of carbonyl (C=O) groups is 1. The largest absolute Gasteiger partial charge is 0.460 e. The molecular formula is C11H9NO2S. The van der Waals surface area contributed by atoms with Crippen LogP contribution in [0, 0.1) is 0 Å². The third kappa shape index (κ3) is 2.41. The van der Waals surface area contributed by atoms with Gasteiger partial charge < -0.3 is 4.74 Å². The molecule has 0 saturated carbocycles. The van der Waals surface area contributed by atoms with Crippen LogP contribution < -0.4 is 0 Å². The molecule has 0 bridgehead atoms. The van der Waals surface area contributed by atoms with Gasteiger partial charge in [-0.2, -0.15) is 0 Å². The van der Waals surface area contributed by atoms with Crippen LogP contribution in [0.2, 0.25) is 0 Å². The molecule has 0 N–H and O–H groups in total. The Balaban J connectivity index is 2.17. The Hall–Kier alpha value is -1.68. The summed E-state index contributed by atoms with van der Waals surface area (Å²) < 4.78 is 4.64. The minimum Gasteiger partial charge on any atom is -0.460 e. The number of ether oxygens (including phenoxy) is 1. The first-order chi connectivity index (χ1) is 7.40. The van der Waals surface area contributed by atoms with E-state index in [2.05, 4.69) is 9.72 Å². The van der Waals surface area contributed by atoms with E-state index in [1.54, 1.807) is 0 Å². The van der Waals surface area contributed by atoms with Crippen LogP contribution in [0.3, 0.4) is 0 Å². The van der Waals surface area contributed by atoms with Gasteiger partial charge in [0.05, 0.1) is 5.69 Å². The predicted octanol–water partition coefficient (Wildman–Crippen LogP) is 2.48. The first-order valence-corrected chi connectivity index (χ1v) is 5.33. The molecule has 4 heteroatoms. The third-order valence-electron chi connectivity index (χ3n) is 1.90. The molecule has 1 aromatic heterocycles. The SMILES string of the molecule is O=COCc1nc(-c2ccccc2)cs1. The van der Waals surface area contributed by atoms with Gasteiger partial charge >= 0.3 is 0 Å². The van der Waals surface area contributed by atoms with Gasteiger partial charge in [0, 0.05) is 10.9 Å². The average molecular weight is 219 g/mol. The van der Waals surface area contributed by atoms with Gasteiger partial charge in [0.25, 0.3) is 6.47 Å². The highest BCUT2D eigenvalue weighted by molar-refractivity contribution is 7.09. The third-order valence-corrected chi connectivity index (χ3v) is 2.72. The quantitative estimate of drug-likeness (QED) is 0.741. The molecule has 0 aliphatic heterocycles. The Morgan fingerprint density at radius 2 is 2.13 bits per heavy atom. The van der Waals surface area contributed by atoms with E-state index >= 15 is 0 Å². The van der Waals surface area contributed by atoms with Gasteiger partial charge in [-0.25, -0.2) is 4.98 Å². The van der Waals surface area contributed by atoms with Gasteiger partial charge in [-0.05, 0) is 0 Å². The molecular weight excluding hydrogens is 210 g/mol. The molecule has 1 heterocycles. The average Bonchev–Trinajstić information content (AvgIpc) is 2.76. The van der Waals surface area contributed by atoms with Crippen LogP contribution in [-0.2, 0) is 16.1 Å². The number of aromatic nitrogens is 1. The maximum absolute atomic E-state index is 10.0. The Bertz CT molecular complexity index is 439. The van der Waals surface area contributed by atoms with Gasteiger partial charge in [0.15, 0.2) is 0 Å². The Kier molecular flexibility index (Phi) is 3.09. The zero-order valence-corrected chi connectivity index (χ0v) is 8.74. The van der Waals surface area contributed by atoms with Crippen molar-refractivity contribution in [3.8, 4) is 11.3 Å². The lowest BCUT2D eigenvalue weighted by atomic mass is 10.2. The Morgan fingerprint density at radius 3 is 2.87 bits per heavy atom. The highest BCUT2D eigenvalue weighted by atomic mass is 32.1. The number of nitrogens with zero attached hydrogens (tertiary/aromatic N) is 1. The zero-order chi connectivity index (χ0) is 10.5. The Morgan fingerprint density at radius 1 is 1.33 bits per heavy atom. The van der Waals surface area contributed by atoms with Crippen LogP contribution in [0.5, 0.6) is 0 Å². The van der Waals surface area contributed by atoms with E-state index < -0.39 is 0 Å². The molecule has 0 unspecified atom stereocenters. The monoisotopic (exact) mass is 219 g/mol. The second-order valence-electron chi connectivity index (χ2n) is 2.90. The van der Waals surface area contributed by atoms with Crippen molar-refractivity contribution in [2.75, 3.05) is 0 Å². The van der Waals surface area contributed by atoms with Crippen LogP contribution in [-0.4, -0.2) is 11.5 Å². The summed E-state index contributed by atoms with van der Waals surface area (Å²) in [6.07, 6.45) is 0. The van der Waals surface area contributed by atoms with E-state index in [4.69, 9.17) is 0 Å². The van der Waals surface area contributed by atoms with Gasteiger partial charge in [-0.1, -0.05) is 30.3 Å². The van der Waals surface area contributed by atoms with Crippen molar-refractivity contribution in [1.82, 2.24) is 4.98 Å². The highest BCUT2D eigenvalue weighted by Crippen LogP contribution is 2.21. The maximum Gasteiger partial charge on any atom is 0.293 e. The lowest BCUT2D eigenvalue weighted by molar-refractivity contribution is -0.129. The van der Waals surface area contributed by atoms with Crippen LogP contribution >= 0.6 is 11.3 Å². The van der Waals surface area contributed by atoms with E-state index in [1.165, 1.54) is 11.3 Å². The second kappa shape index (κ2) is 4.70. The number of benzene rings is 1. The lowest BCUT2D eigenvalue weighted by Gasteiger charge is -1.94. The number of carbonyl (C=O) groups excluding carboxylic acids is 1. The number of thiazole rings is 1. The van der Waals surface area contributed by atoms with Crippen molar-refractivity contribution < 1.29 is 9.53 Å². The minimum absolute atomic E-state index is 0.251. The van der Waals surface area contributed by atoms with Crippen LogP contribution in [0.1, 0.15) is 5.01 Å². The summed E-state index contributed by atoms with van der Waals surface area (Å²) in [4.78, 5) is 14.4. The van der Waals surface area contributed by atoms with E-state index in [0.29, 0.717) is 6.47 Å². The molecule has 1 aromatic carbocycles. The van der Waals surface area contributed by atoms with Crippen LogP contribution in [0.4, 0.5) is 0 Å². The fourth-order valence-electron chi connectivity index (χ4n) is 1.22. The first-order valence-electron chi connectivity index (χ1n) is 4.45. The van der Waals surface area contributed by atoms with Crippen LogP contribution in [0.15, 0.2) is 35.7 Å². The van der Waals surface area contributed by atoms with Crippen molar-refractivity contribution in [2.45, 2.75) is 6.61 Å². The summed E-state index contributed by atoms with van der Waals surface area (Å²) in [5.41, 5.74) is 2.00. The molecule has 0 amide bonds. The second-order valence-corrected chi connectivity index (χ2v) is 3.84. The molecule has 2 aromatic rings. The standard InChI is InChI=1S/C11H9NO2S/c13-8-14-6-11-12-10(7-15-11)9-4-2-1-3-5-9/h1-5,7-8H,6H2. The lowest BCUT2D eigenvalue weighted by Crippen LogP contribution is -1.88. The molecule has 2 rings (SSSR count). The van der Waals surface area contributed by atoms with Crippen molar-refractivity contribution >= 4 is 17.8 Å². The summed E-state index contributed by atoms with van der Waals surface area (Å²) in [6, 6.07) is 9.90. The fraction of sp³-hybridized carbons (Fsp3) is 0.0909. The zero-order valence-electron chi connectivity index (χ0n) is 7.92. The molecule has 76 valence electrons. The first kappa shape index (κ1) is 9.86. The minimum atomic E-state index is 0.251. The van der Waals surface area contributed by atoms with Gasteiger partial charge in [-0.3, -0.25) is 4.79 Å². The summed E-state index contributed by atoms with van der Waals surface area (Å²) in [7, 11) is 0. The van der Waals surface area contributed by atoms with Gasteiger partial charge in [0.1, 0.15) is 11.6 Å². The van der Waals surface area contributed by atoms with Crippen molar-refractivity contribution in [3.05, 3.63) is 40.7 Å². The summed E-state index contributed by atoms with van der Waals surface area (Å²) in [6.45, 7) is 0.685. The van der Waals surface area contributed by atoms with Crippen molar-refractivity contribution in [2.24, 2.45) is 0 Å². The number of rotatable bonds is 4. The molecule has 0 fully saturated rings. The van der Waals surface area contributed by atoms with Crippen molar-refractivity contribution in [3.63, 3.8) is 0 Å². The smallest absolute Gasteiger partial charge is 0.293 e. The molecule has 0 atom stereocenters. The van der Waals surface area contributed by atoms with E-state index in [1.807, 2.05) is 35.7 Å². The molecule has 0 aliphatic rings. The number of hydrogen-bond donors (Lipinski definition) is 0. The van der Waals surface area contributed by atoms with E-state index in [-0.39, 0.29) is 6.61 Å². The van der Waals surface area contributed by atoms with Crippen LogP contribution in [0.25, 0.3) is 11.3 Å². The Labute approximate surface area is 91.4 Å². The summed E-state index contributed by atoms with van der Waals surface area (Å²) in [5.74, 6) is 0. The van der Waals surface area contributed by atoms with Gasteiger partial charge in [0.2, 0.25) is 0 Å². The molecule has 0 saturated heterocycles. The molecule has 3 nitrogen and oxygen atoms in total.